The highest BCUT2D eigenvalue weighted by Gasteiger charge is 2.28. The lowest BCUT2D eigenvalue weighted by Crippen LogP contribution is -2.35. The van der Waals surface area contributed by atoms with Gasteiger partial charge in [0, 0.05) is 19.3 Å². The van der Waals surface area contributed by atoms with Crippen LogP contribution in [0.15, 0.2) is 72.8 Å². The minimum Gasteiger partial charge on any atom is -0.372 e. The SMILES string of the molecule is Cc1ccccc1CC#COC([SiH3])(OC#CCc1ccccc1C)OC#CCc1ccccc1C. The third-order valence-corrected chi connectivity index (χ3v) is 6.16. The molecule has 0 N–H and O–H groups in total. The van der Waals surface area contributed by atoms with Gasteiger partial charge in [-0.15, -0.1) is 0 Å². The van der Waals surface area contributed by atoms with Crippen LogP contribution >= 0.6 is 0 Å². The Balaban J connectivity index is 1.67. The maximum atomic E-state index is 5.69. The van der Waals surface area contributed by atoms with E-state index in [1.54, 1.807) is 0 Å². The lowest BCUT2D eigenvalue weighted by molar-refractivity contribution is -0.233. The van der Waals surface area contributed by atoms with Gasteiger partial charge in [-0.3, -0.25) is 0 Å². The summed E-state index contributed by atoms with van der Waals surface area (Å²) in [6.07, 6.45) is 9.92. The predicted octanol–water partition coefficient (Wildman–Crippen LogP) is 4.55. The number of rotatable bonds is 6. The molecular formula is C31H30O3Si. The maximum absolute atomic E-state index is 5.69. The van der Waals surface area contributed by atoms with Crippen LogP contribution in [0.3, 0.4) is 0 Å². The second-order valence-corrected chi connectivity index (χ2v) is 9.54. The van der Waals surface area contributed by atoms with Crippen molar-refractivity contribution < 1.29 is 14.2 Å². The summed E-state index contributed by atoms with van der Waals surface area (Å²) >= 11 is 0. The van der Waals surface area contributed by atoms with Crippen molar-refractivity contribution in [3.63, 3.8) is 0 Å². The molecule has 0 aliphatic rings. The van der Waals surface area contributed by atoms with E-state index in [1.807, 2.05) is 36.4 Å². The third-order valence-electron chi connectivity index (χ3n) is 5.55. The standard InChI is InChI=1S/C31H30O3Si/c1-25-13-4-7-16-28(25)19-10-22-32-31(35,33-23-11-20-29-17-8-5-14-26(29)2)34-24-12-21-30-18-9-6-15-27(30)3/h4-9,13-18H,19-21H2,1-3,35H3. The van der Waals surface area contributed by atoms with Crippen molar-refractivity contribution in [3.8, 4) is 36.1 Å². The summed E-state index contributed by atoms with van der Waals surface area (Å²) in [5.41, 5.74) is 5.62. The van der Waals surface area contributed by atoms with Crippen LogP contribution in [-0.4, -0.2) is 15.8 Å². The molecule has 0 saturated carbocycles. The van der Waals surface area contributed by atoms with E-state index in [1.165, 1.54) is 16.7 Å². The van der Waals surface area contributed by atoms with Crippen LogP contribution in [-0.2, 0) is 33.5 Å². The van der Waals surface area contributed by atoms with E-state index in [4.69, 9.17) is 14.2 Å². The Morgan fingerprint density at radius 2 is 0.829 bits per heavy atom. The van der Waals surface area contributed by atoms with E-state index in [0.29, 0.717) is 29.5 Å². The Morgan fingerprint density at radius 1 is 0.543 bits per heavy atom. The Hall–Kier alpha value is -4.04. The van der Waals surface area contributed by atoms with Crippen molar-refractivity contribution in [3.05, 3.63) is 106 Å². The topological polar surface area (TPSA) is 27.7 Å². The van der Waals surface area contributed by atoms with Gasteiger partial charge < -0.3 is 14.2 Å². The summed E-state index contributed by atoms with van der Waals surface area (Å²) in [5.74, 6) is 9.12. The molecule has 3 nitrogen and oxygen atoms in total. The van der Waals surface area contributed by atoms with Gasteiger partial charge in [-0.2, -0.15) is 0 Å². The Kier molecular flexibility index (Phi) is 9.50. The minimum absolute atomic E-state index is 0.350. The zero-order chi connectivity index (χ0) is 24.9. The highest BCUT2D eigenvalue weighted by molar-refractivity contribution is 6.12. The first-order valence-corrected chi connectivity index (χ1v) is 12.6. The summed E-state index contributed by atoms with van der Waals surface area (Å²) in [5, 5.41) is 0. The second kappa shape index (κ2) is 13.0. The molecule has 3 rings (SSSR count). The number of hydrogen-bond donors (Lipinski definition) is 0. The van der Waals surface area contributed by atoms with E-state index >= 15 is 0 Å². The second-order valence-electron chi connectivity index (χ2n) is 8.31. The molecule has 0 amide bonds. The molecule has 0 fully saturated rings. The average molecular weight is 479 g/mol. The van der Waals surface area contributed by atoms with Crippen molar-refractivity contribution in [1.29, 1.82) is 0 Å². The van der Waals surface area contributed by atoms with E-state index in [9.17, 15) is 0 Å². The molecule has 0 aromatic heterocycles. The maximum Gasteiger partial charge on any atom is 0.392 e. The van der Waals surface area contributed by atoms with Gasteiger partial charge in [0.1, 0.15) is 18.3 Å². The number of ether oxygens (including phenoxy) is 3. The highest BCUT2D eigenvalue weighted by atomic mass is 28.1. The third kappa shape index (κ3) is 8.35. The van der Waals surface area contributed by atoms with Gasteiger partial charge in [-0.25, -0.2) is 0 Å². The number of hydrogen-bond acceptors (Lipinski definition) is 3. The van der Waals surface area contributed by atoms with Crippen molar-refractivity contribution in [2.45, 2.75) is 45.6 Å². The highest BCUT2D eigenvalue weighted by Crippen LogP contribution is 2.12. The molecule has 0 spiro atoms. The Morgan fingerprint density at radius 3 is 1.11 bits per heavy atom. The fraction of sp³-hybridized carbons (Fsp3) is 0.226. The van der Waals surface area contributed by atoms with Crippen LogP contribution in [0.2, 0.25) is 0 Å². The summed E-state index contributed by atoms with van der Waals surface area (Å²) in [7, 11) is 0.350. The fourth-order valence-electron chi connectivity index (χ4n) is 3.27. The van der Waals surface area contributed by atoms with Gasteiger partial charge in [0.2, 0.25) is 0 Å². The molecule has 3 aromatic rings. The van der Waals surface area contributed by atoms with Crippen LogP contribution in [0.4, 0.5) is 0 Å². The van der Waals surface area contributed by atoms with Crippen LogP contribution in [0, 0.1) is 56.9 Å². The van der Waals surface area contributed by atoms with Crippen LogP contribution in [0.5, 0.6) is 0 Å². The molecule has 0 bridgehead atoms. The molecule has 0 aliphatic heterocycles. The lowest BCUT2D eigenvalue weighted by atomic mass is 10.1. The number of benzene rings is 3. The summed E-state index contributed by atoms with van der Waals surface area (Å²) < 4.78 is 17.1. The first-order valence-electron chi connectivity index (χ1n) is 11.6. The Bertz CT molecular complexity index is 1160. The first kappa shape index (κ1) is 25.6. The molecule has 0 radical (unpaired) electrons. The monoisotopic (exact) mass is 478 g/mol. The molecule has 0 saturated heterocycles. The first-order chi connectivity index (χ1) is 17.0. The lowest BCUT2D eigenvalue weighted by Gasteiger charge is -2.21. The fourth-order valence-corrected chi connectivity index (χ4v) is 3.57. The Labute approximate surface area is 212 Å². The molecule has 0 unspecified atom stereocenters. The van der Waals surface area contributed by atoms with E-state index in [-0.39, 0.29) is 0 Å². The zero-order valence-electron chi connectivity index (χ0n) is 20.8. The van der Waals surface area contributed by atoms with Crippen molar-refractivity contribution in [2.24, 2.45) is 0 Å². The quantitative estimate of drug-likeness (QED) is 0.296. The van der Waals surface area contributed by atoms with Gasteiger partial charge in [0.25, 0.3) is 0 Å². The number of aryl methyl sites for hydroxylation is 3. The van der Waals surface area contributed by atoms with Gasteiger partial charge in [0.15, 0.2) is 10.2 Å². The van der Waals surface area contributed by atoms with Crippen molar-refractivity contribution in [1.82, 2.24) is 0 Å². The molecule has 176 valence electrons. The van der Waals surface area contributed by atoms with E-state index in [2.05, 4.69) is 93.3 Å². The normalized spacial score (nSPS) is 10.0. The van der Waals surface area contributed by atoms with Gasteiger partial charge in [-0.1, -0.05) is 90.6 Å². The molecule has 0 aliphatic carbocycles. The van der Waals surface area contributed by atoms with Crippen molar-refractivity contribution >= 4 is 10.2 Å². The van der Waals surface area contributed by atoms with Crippen LogP contribution in [0.25, 0.3) is 0 Å². The summed E-state index contributed by atoms with van der Waals surface area (Å²) in [6.45, 7) is 6.19. The molecule has 35 heavy (non-hydrogen) atoms. The van der Waals surface area contributed by atoms with E-state index in [0.717, 1.165) is 16.7 Å². The smallest absolute Gasteiger partial charge is 0.372 e. The summed E-state index contributed by atoms with van der Waals surface area (Å²) in [4.78, 5) is 0. The largest absolute Gasteiger partial charge is 0.392 e. The molecule has 4 heteroatoms. The minimum atomic E-state index is -1.41. The predicted molar refractivity (Wildman–Crippen MR) is 144 cm³/mol. The molecule has 0 heterocycles. The van der Waals surface area contributed by atoms with Gasteiger partial charge >= 0.3 is 5.60 Å². The summed E-state index contributed by atoms with van der Waals surface area (Å²) in [6, 6.07) is 24.4. The van der Waals surface area contributed by atoms with E-state index < -0.39 is 5.60 Å². The zero-order valence-corrected chi connectivity index (χ0v) is 22.8. The van der Waals surface area contributed by atoms with Gasteiger partial charge in [-0.05, 0) is 54.2 Å². The molecule has 0 atom stereocenters. The van der Waals surface area contributed by atoms with Crippen molar-refractivity contribution in [2.75, 3.05) is 0 Å². The van der Waals surface area contributed by atoms with Gasteiger partial charge in [0.05, 0.1) is 0 Å². The average Bonchev–Trinajstić information content (AvgIpc) is 2.85. The molecule has 3 aromatic carbocycles. The van der Waals surface area contributed by atoms with Crippen LogP contribution in [0.1, 0.15) is 33.4 Å². The molecular weight excluding hydrogens is 448 g/mol. The van der Waals surface area contributed by atoms with Crippen LogP contribution < -0.4 is 0 Å².